The van der Waals surface area contributed by atoms with E-state index in [1.165, 1.54) is 0 Å². The van der Waals surface area contributed by atoms with Crippen LogP contribution >= 0.6 is 0 Å². The largest absolute Gasteiger partial charge is 0.489 e. The van der Waals surface area contributed by atoms with Gasteiger partial charge in [0.25, 0.3) is 5.91 Å². The molecule has 3 rings (SSSR count). The van der Waals surface area contributed by atoms with Gasteiger partial charge in [-0.2, -0.15) is 0 Å². The summed E-state index contributed by atoms with van der Waals surface area (Å²) in [6.45, 7) is 2.43. The van der Waals surface area contributed by atoms with Gasteiger partial charge in [0.1, 0.15) is 18.1 Å². The van der Waals surface area contributed by atoms with Crippen LogP contribution in [0.4, 0.5) is 5.69 Å². The molecule has 0 bridgehead atoms. The number of carbonyl (C=O) groups is 1. The molecule has 0 aromatic heterocycles. The molecule has 138 valence electrons. The monoisotopic (exact) mass is 361 g/mol. The van der Waals surface area contributed by atoms with E-state index in [0.717, 1.165) is 11.3 Å². The second-order valence-corrected chi connectivity index (χ2v) is 6.12. The number of rotatable bonds is 8. The second kappa shape index (κ2) is 9.43. The van der Waals surface area contributed by atoms with Crippen LogP contribution in [0.25, 0.3) is 0 Å². The summed E-state index contributed by atoms with van der Waals surface area (Å²) in [5.41, 5.74) is 1.82. The molecule has 0 fully saturated rings. The Morgan fingerprint density at radius 2 is 1.48 bits per heavy atom. The first-order valence-corrected chi connectivity index (χ1v) is 9.04. The van der Waals surface area contributed by atoms with Crippen molar-refractivity contribution in [1.29, 1.82) is 0 Å². The lowest BCUT2D eigenvalue weighted by Crippen LogP contribution is -2.32. The third-order valence-corrected chi connectivity index (χ3v) is 4.05. The van der Waals surface area contributed by atoms with Gasteiger partial charge in [-0.1, -0.05) is 55.5 Å². The molecule has 0 radical (unpaired) electrons. The SMILES string of the molecule is CCC(Oc1ccccc1)C(=O)Nc1ccc(OCc2ccccc2)cc1. The second-order valence-electron chi connectivity index (χ2n) is 6.12. The highest BCUT2D eigenvalue weighted by Gasteiger charge is 2.18. The van der Waals surface area contributed by atoms with Crippen molar-refractivity contribution in [1.82, 2.24) is 0 Å². The summed E-state index contributed by atoms with van der Waals surface area (Å²) in [4.78, 5) is 12.5. The van der Waals surface area contributed by atoms with Crippen LogP contribution in [0.1, 0.15) is 18.9 Å². The molecule has 27 heavy (non-hydrogen) atoms. The van der Waals surface area contributed by atoms with E-state index in [0.29, 0.717) is 24.5 Å². The molecule has 0 aliphatic rings. The number of para-hydroxylation sites is 1. The van der Waals surface area contributed by atoms with Gasteiger partial charge in [0.2, 0.25) is 0 Å². The molecule has 0 saturated carbocycles. The molecule has 4 heteroatoms. The van der Waals surface area contributed by atoms with E-state index in [1.807, 2.05) is 91.9 Å². The number of carbonyl (C=O) groups excluding carboxylic acids is 1. The lowest BCUT2D eigenvalue weighted by molar-refractivity contribution is -0.122. The summed E-state index contributed by atoms with van der Waals surface area (Å²) in [6, 6.07) is 26.7. The van der Waals surface area contributed by atoms with Gasteiger partial charge in [0, 0.05) is 5.69 Å². The quantitative estimate of drug-likeness (QED) is 0.610. The fourth-order valence-corrected chi connectivity index (χ4v) is 2.58. The van der Waals surface area contributed by atoms with Gasteiger partial charge < -0.3 is 14.8 Å². The number of anilines is 1. The van der Waals surface area contributed by atoms with Gasteiger partial charge in [-0.25, -0.2) is 0 Å². The molecule has 3 aromatic carbocycles. The number of nitrogens with one attached hydrogen (secondary N) is 1. The van der Waals surface area contributed by atoms with E-state index in [1.54, 1.807) is 0 Å². The zero-order chi connectivity index (χ0) is 18.9. The molecule has 0 spiro atoms. The predicted octanol–water partition coefficient (Wildman–Crippen LogP) is 5.06. The van der Waals surface area contributed by atoms with Gasteiger partial charge in [-0.15, -0.1) is 0 Å². The number of ether oxygens (including phenoxy) is 2. The zero-order valence-electron chi connectivity index (χ0n) is 15.3. The molecular weight excluding hydrogens is 338 g/mol. The third-order valence-electron chi connectivity index (χ3n) is 4.05. The summed E-state index contributed by atoms with van der Waals surface area (Å²) < 4.78 is 11.5. The normalized spacial score (nSPS) is 11.4. The van der Waals surface area contributed by atoms with E-state index in [-0.39, 0.29) is 5.91 Å². The van der Waals surface area contributed by atoms with Crippen molar-refractivity contribution in [3.05, 3.63) is 90.5 Å². The molecule has 1 N–H and O–H groups in total. The van der Waals surface area contributed by atoms with E-state index in [4.69, 9.17) is 9.47 Å². The maximum Gasteiger partial charge on any atom is 0.265 e. The average Bonchev–Trinajstić information content (AvgIpc) is 2.73. The molecule has 3 aromatic rings. The summed E-state index contributed by atoms with van der Waals surface area (Å²) in [5.74, 6) is 1.27. The van der Waals surface area contributed by atoms with Crippen LogP contribution < -0.4 is 14.8 Å². The van der Waals surface area contributed by atoms with Gasteiger partial charge in [-0.05, 0) is 48.4 Å². The maximum absolute atomic E-state index is 12.5. The summed E-state index contributed by atoms with van der Waals surface area (Å²) >= 11 is 0. The maximum atomic E-state index is 12.5. The summed E-state index contributed by atoms with van der Waals surface area (Å²) in [5, 5.41) is 2.89. The van der Waals surface area contributed by atoms with Crippen molar-refractivity contribution in [2.24, 2.45) is 0 Å². The third kappa shape index (κ3) is 5.61. The minimum atomic E-state index is -0.540. The van der Waals surface area contributed by atoms with Crippen LogP contribution in [0, 0.1) is 0 Å². The highest BCUT2D eigenvalue weighted by molar-refractivity contribution is 5.94. The van der Waals surface area contributed by atoms with Crippen molar-refractivity contribution < 1.29 is 14.3 Å². The number of hydrogen-bond acceptors (Lipinski definition) is 3. The summed E-state index contributed by atoms with van der Waals surface area (Å²) in [7, 11) is 0. The molecule has 1 atom stereocenters. The highest BCUT2D eigenvalue weighted by atomic mass is 16.5. The van der Waals surface area contributed by atoms with Gasteiger partial charge >= 0.3 is 0 Å². The Labute approximate surface area is 159 Å². The molecule has 0 heterocycles. The molecule has 4 nitrogen and oxygen atoms in total. The smallest absolute Gasteiger partial charge is 0.265 e. The topological polar surface area (TPSA) is 47.6 Å². The Kier molecular flexibility index (Phi) is 6.47. The molecule has 0 saturated heterocycles. The standard InChI is InChI=1S/C23H23NO3/c1-2-22(27-21-11-7-4-8-12-21)23(25)24-19-13-15-20(16-14-19)26-17-18-9-5-3-6-10-18/h3-16,22H,2,17H2,1H3,(H,24,25). The first-order chi connectivity index (χ1) is 13.2. The van der Waals surface area contributed by atoms with E-state index in [2.05, 4.69) is 5.32 Å². The van der Waals surface area contributed by atoms with Crippen molar-refractivity contribution in [2.75, 3.05) is 5.32 Å². The number of hydrogen-bond donors (Lipinski definition) is 1. The fraction of sp³-hybridized carbons (Fsp3) is 0.174. The Bertz CT molecular complexity index is 833. The lowest BCUT2D eigenvalue weighted by atomic mass is 10.2. The molecule has 0 aliphatic heterocycles. The van der Waals surface area contributed by atoms with E-state index in [9.17, 15) is 4.79 Å². The predicted molar refractivity (Wildman–Crippen MR) is 107 cm³/mol. The first-order valence-electron chi connectivity index (χ1n) is 9.04. The lowest BCUT2D eigenvalue weighted by Gasteiger charge is -2.17. The average molecular weight is 361 g/mol. The minimum absolute atomic E-state index is 0.167. The molecular formula is C23H23NO3. The minimum Gasteiger partial charge on any atom is -0.489 e. The molecule has 0 aliphatic carbocycles. The summed E-state index contributed by atoms with van der Waals surface area (Å²) in [6.07, 6.45) is 0.0420. The van der Waals surface area contributed by atoms with Crippen molar-refractivity contribution in [3.8, 4) is 11.5 Å². The Hall–Kier alpha value is -3.27. The van der Waals surface area contributed by atoms with Crippen LogP contribution in [0.3, 0.4) is 0 Å². The number of benzene rings is 3. The van der Waals surface area contributed by atoms with Crippen molar-refractivity contribution in [3.63, 3.8) is 0 Å². The Balaban J connectivity index is 1.54. The van der Waals surface area contributed by atoms with Crippen LogP contribution in [-0.2, 0) is 11.4 Å². The van der Waals surface area contributed by atoms with Gasteiger partial charge in [0.05, 0.1) is 0 Å². The highest BCUT2D eigenvalue weighted by Crippen LogP contribution is 2.18. The van der Waals surface area contributed by atoms with Crippen molar-refractivity contribution >= 4 is 11.6 Å². The van der Waals surface area contributed by atoms with E-state index < -0.39 is 6.10 Å². The first kappa shape index (κ1) is 18.5. The molecule has 1 unspecified atom stereocenters. The van der Waals surface area contributed by atoms with Gasteiger partial charge in [-0.3, -0.25) is 4.79 Å². The van der Waals surface area contributed by atoms with E-state index >= 15 is 0 Å². The van der Waals surface area contributed by atoms with Crippen LogP contribution in [-0.4, -0.2) is 12.0 Å². The Morgan fingerprint density at radius 3 is 2.11 bits per heavy atom. The van der Waals surface area contributed by atoms with Gasteiger partial charge in [0.15, 0.2) is 6.10 Å². The Morgan fingerprint density at radius 1 is 0.852 bits per heavy atom. The van der Waals surface area contributed by atoms with Crippen LogP contribution in [0.2, 0.25) is 0 Å². The van der Waals surface area contributed by atoms with Crippen molar-refractivity contribution in [2.45, 2.75) is 26.1 Å². The molecule has 1 amide bonds. The fourth-order valence-electron chi connectivity index (χ4n) is 2.58. The van der Waals surface area contributed by atoms with Crippen LogP contribution in [0.5, 0.6) is 11.5 Å². The number of amides is 1. The zero-order valence-corrected chi connectivity index (χ0v) is 15.3. The van der Waals surface area contributed by atoms with Crippen LogP contribution in [0.15, 0.2) is 84.9 Å².